The van der Waals surface area contributed by atoms with Gasteiger partial charge in [-0.25, -0.2) is 0 Å². The third-order valence-corrected chi connectivity index (χ3v) is 6.53. The summed E-state index contributed by atoms with van der Waals surface area (Å²) in [5.41, 5.74) is 2.39. The van der Waals surface area contributed by atoms with E-state index < -0.39 is 0 Å². The smallest absolute Gasteiger partial charge is 0.229 e. The maximum Gasteiger partial charge on any atom is 0.229 e. The highest BCUT2D eigenvalue weighted by molar-refractivity contribution is 5.78. The minimum absolute atomic E-state index is 0.0553. The molecule has 35 heavy (non-hydrogen) atoms. The maximum absolute atomic E-state index is 12.6. The van der Waals surface area contributed by atoms with Crippen LogP contribution < -0.4 is 21.3 Å². The number of amides is 1. The number of nitrogens with one attached hydrogen (secondary N) is 4. The van der Waals surface area contributed by atoms with Crippen LogP contribution in [0.3, 0.4) is 0 Å². The van der Waals surface area contributed by atoms with Gasteiger partial charge in [-0.05, 0) is 42.7 Å². The van der Waals surface area contributed by atoms with Crippen molar-refractivity contribution in [2.45, 2.75) is 51.1 Å². The minimum Gasteiger partial charge on any atom is -0.357 e. The van der Waals surface area contributed by atoms with Crippen molar-refractivity contribution in [1.82, 2.24) is 20.3 Å². The number of nitrogens with zero attached hydrogens (tertiary/aromatic N) is 3. The van der Waals surface area contributed by atoms with Crippen LogP contribution in [0.4, 0.5) is 17.8 Å². The molecule has 8 heteroatoms. The van der Waals surface area contributed by atoms with E-state index in [2.05, 4.69) is 67.4 Å². The quantitative estimate of drug-likeness (QED) is 0.346. The van der Waals surface area contributed by atoms with Crippen molar-refractivity contribution < 1.29 is 4.79 Å². The van der Waals surface area contributed by atoms with E-state index in [0.717, 1.165) is 37.8 Å². The SMILES string of the molecule is CNc1nc(NC[C@H](C)c2ccccc2)nc(N[C@H]2CC[C@H](C(=O)NCc3ccccc3)CC2)n1. The average Bonchev–Trinajstić information content (AvgIpc) is 2.91. The summed E-state index contributed by atoms with van der Waals surface area (Å²) in [6.45, 7) is 3.48. The molecule has 0 spiro atoms. The summed E-state index contributed by atoms with van der Waals surface area (Å²) in [5.74, 6) is 2.14. The van der Waals surface area contributed by atoms with Crippen molar-refractivity contribution in [1.29, 1.82) is 0 Å². The van der Waals surface area contributed by atoms with Crippen LogP contribution in [-0.4, -0.2) is 40.5 Å². The molecule has 0 saturated heterocycles. The van der Waals surface area contributed by atoms with Crippen LogP contribution in [0, 0.1) is 5.92 Å². The molecule has 4 N–H and O–H groups in total. The average molecular weight is 474 g/mol. The Morgan fingerprint density at radius 3 is 2.20 bits per heavy atom. The molecule has 184 valence electrons. The standard InChI is InChI=1S/C27H35N7O/c1-19(21-11-7-4-8-12-21)17-30-26-32-25(28-2)33-27(34-26)31-23-15-13-22(14-16-23)24(35)29-18-20-9-5-3-6-10-20/h3-12,19,22-23H,13-18H2,1-2H3,(H,29,35)(H3,28,30,31,32,33,34)/t19-,22-,23-/m0/s1. The van der Waals surface area contributed by atoms with Crippen LogP contribution in [0.15, 0.2) is 60.7 Å². The first-order valence-electron chi connectivity index (χ1n) is 12.4. The monoisotopic (exact) mass is 473 g/mol. The normalized spacial score (nSPS) is 18.3. The third-order valence-electron chi connectivity index (χ3n) is 6.53. The predicted octanol–water partition coefficient (Wildman–Crippen LogP) is 4.42. The van der Waals surface area contributed by atoms with Gasteiger partial charge in [-0.15, -0.1) is 0 Å². The fraction of sp³-hybridized carbons (Fsp3) is 0.407. The van der Waals surface area contributed by atoms with Gasteiger partial charge in [0.1, 0.15) is 0 Å². The number of hydrogen-bond donors (Lipinski definition) is 4. The molecule has 0 radical (unpaired) electrons. The Morgan fingerprint density at radius 2 is 1.51 bits per heavy atom. The van der Waals surface area contributed by atoms with Crippen molar-refractivity contribution >= 4 is 23.8 Å². The molecule has 3 aromatic rings. The first kappa shape index (κ1) is 24.4. The Hall–Kier alpha value is -3.68. The largest absolute Gasteiger partial charge is 0.357 e. The fourth-order valence-electron chi connectivity index (χ4n) is 4.39. The van der Waals surface area contributed by atoms with Crippen LogP contribution >= 0.6 is 0 Å². The highest BCUT2D eigenvalue weighted by Gasteiger charge is 2.26. The van der Waals surface area contributed by atoms with Gasteiger partial charge in [0.2, 0.25) is 23.8 Å². The summed E-state index contributed by atoms with van der Waals surface area (Å²) in [6.07, 6.45) is 3.50. The lowest BCUT2D eigenvalue weighted by Crippen LogP contribution is -2.36. The van der Waals surface area contributed by atoms with Gasteiger partial charge in [-0.3, -0.25) is 4.79 Å². The number of carbonyl (C=O) groups is 1. The summed E-state index contributed by atoms with van der Waals surface area (Å²) in [7, 11) is 1.80. The highest BCUT2D eigenvalue weighted by Crippen LogP contribution is 2.27. The summed E-state index contributed by atoms with van der Waals surface area (Å²) < 4.78 is 0. The lowest BCUT2D eigenvalue weighted by Gasteiger charge is -2.28. The second-order valence-corrected chi connectivity index (χ2v) is 9.15. The molecule has 0 aliphatic heterocycles. The zero-order chi connectivity index (χ0) is 24.5. The Labute approximate surface area is 207 Å². The number of hydrogen-bond acceptors (Lipinski definition) is 7. The molecule has 1 aliphatic carbocycles. The van der Waals surface area contributed by atoms with Crippen LogP contribution in [0.2, 0.25) is 0 Å². The van der Waals surface area contributed by atoms with E-state index in [4.69, 9.17) is 0 Å². The van der Waals surface area contributed by atoms with Crippen molar-refractivity contribution in [3.05, 3.63) is 71.8 Å². The summed E-state index contributed by atoms with van der Waals surface area (Å²) >= 11 is 0. The second-order valence-electron chi connectivity index (χ2n) is 9.15. The van der Waals surface area contributed by atoms with Crippen LogP contribution in [0.1, 0.15) is 49.7 Å². The van der Waals surface area contributed by atoms with Gasteiger partial charge in [0.25, 0.3) is 0 Å². The van der Waals surface area contributed by atoms with Gasteiger partial charge in [0.15, 0.2) is 0 Å². The van der Waals surface area contributed by atoms with E-state index in [9.17, 15) is 4.79 Å². The van der Waals surface area contributed by atoms with Crippen molar-refractivity contribution in [2.24, 2.45) is 5.92 Å². The molecular weight excluding hydrogens is 438 g/mol. The van der Waals surface area contributed by atoms with Gasteiger partial charge in [0, 0.05) is 32.1 Å². The number of aromatic nitrogens is 3. The van der Waals surface area contributed by atoms with Crippen molar-refractivity contribution in [3.63, 3.8) is 0 Å². The van der Waals surface area contributed by atoms with Crippen molar-refractivity contribution in [2.75, 3.05) is 29.5 Å². The summed E-state index contributed by atoms with van der Waals surface area (Å²) in [6, 6.07) is 20.6. The molecule has 1 atom stereocenters. The lowest BCUT2D eigenvalue weighted by atomic mass is 9.85. The molecule has 1 heterocycles. The zero-order valence-electron chi connectivity index (χ0n) is 20.5. The van der Waals surface area contributed by atoms with E-state index in [-0.39, 0.29) is 17.9 Å². The van der Waals surface area contributed by atoms with E-state index >= 15 is 0 Å². The van der Waals surface area contributed by atoms with Gasteiger partial charge >= 0.3 is 0 Å². The molecule has 1 aromatic heterocycles. The molecule has 1 fully saturated rings. The fourth-order valence-corrected chi connectivity index (χ4v) is 4.39. The molecule has 1 amide bonds. The highest BCUT2D eigenvalue weighted by atomic mass is 16.1. The molecule has 0 unspecified atom stereocenters. The topological polar surface area (TPSA) is 104 Å². The maximum atomic E-state index is 12.6. The van der Waals surface area contributed by atoms with E-state index in [1.807, 2.05) is 36.4 Å². The predicted molar refractivity (Wildman–Crippen MR) is 140 cm³/mol. The molecule has 1 aliphatic rings. The van der Waals surface area contributed by atoms with E-state index in [0.29, 0.717) is 30.3 Å². The minimum atomic E-state index is 0.0553. The summed E-state index contributed by atoms with van der Waals surface area (Å²) in [4.78, 5) is 26.1. The molecule has 2 aromatic carbocycles. The van der Waals surface area contributed by atoms with Gasteiger partial charge in [-0.2, -0.15) is 15.0 Å². The van der Waals surface area contributed by atoms with Crippen LogP contribution in [0.5, 0.6) is 0 Å². The second kappa shape index (κ2) is 12.1. The Balaban J connectivity index is 1.27. The lowest BCUT2D eigenvalue weighted by molar-refractivity contribution is -0.126. The first-order chi connectivity index (χ1) is 17.1. The number of anilines is 3. The molecule has 1 saturated carbocycles. The molecule has 8 nitrogen and oxygen atoms in total. The Morgan fingerprint density at radius 1 is 0.886 bits per heavy atom. The third kappa shape index (κ3) is 7.15. The number of carbonyl (C=O) groups excluding carboxylic acids is 1. The summed E-state index contributed by atoms with van der Waals surface area (Å²) in [5, 5.41) is 12.9. The van der Waals surface area contributed by atoms with Gasteiger partial charge in [-0.1, -0.05) is 67.6 Å². The molecular formula is C27H35N7O. The molecule has 4 rings (SSSR count). The van der Waals surface area contributed by atoms with E-state index in [1.54, 1.807) is 7.05 Å². The van der Waals surface area contributed by atoms with Crippen LogP contribution in [0.25, 0.3) is 0 Å². The number of benzene rings is 2. The Bertz CT molecular complexity index is 1070. The van der Waals surface area contributed by atoms with Crippen molar-refractivity contribution in [3.8, 4) is 0 Å². The van der Waals surface area contributed by atoms with Crippen LogP contribution in [-0.2, 0) is 11.3 Å². The zero-order valence-corrected chi connectivity index (χ0v) is 20.5. The van der Waals surface area contributed by atoms with E-state index in [1.165, 1.54) is 5.56 Å². The number of rotatable bonds is 10. The van der Waals surface area contributed by atoms with Gasteiger partial charge < -0.3 is 21.3 Å². The van der Waals surface area contributed by atoms with Gasteiger partial charge in [0.05, 0.1) is 0 Å². The Kier molecular flexibility index (Phi) is 8.48. The molecule has 0 bridgehead atoms. The first-order valence-corrected chi connectivity index (χ1v) is 12.4.